The molecule has 1 aromatic rings. The zero-order valence-corrected chi connectivity index (χ0v) is 9.68. The van der Waals surface area contributed by atoms with Gasteiger partial charge in [-0.05, 0) is 12.0 Å². The number of ether oxygens (including phenoxy) is 1. The fourth-order valence-corrected chi connectivity index (χ4v) is 2.17. The molecule has 4 heteroatoms. The summed E-state index contributed by atoms with van der Waals surface area (Å²) < 4.78 is 4.72. The summed E-state index contributed by atoms with van der Waals surface area (Å²) in [4.78, 5) is 22.9. The van der Waals surface area contributed by atoms with Crippen LogP contribution >= 0.6 is 0 Å². The van der Waals surface area contributed by atoms with Crippen LogP contribution in [0.4, 0.5) is 0 Å². The zero-order valence-electron chi connectivity index (χ0n) is 9.68. The van der Waals surface area contributed by atoms with Gasteiger partial charge in [0.15, 0.2) is 0 Å². The second kappa shape index (κ2) is 4.99. The first kappa shape index (κ1) is 11.6. The first-order valence-electron chi connectivity index (χ1n) is 5.62. The van der Waals surface area contributed by atoms with Gasteiger partial charge in [0.1, 0.15) is 0 Å². The molecule has 1 aliphatic rings. The van der Waals surface area contributed by atoms with Crippen molar-refractivity contribution in [2.45, 2.75) is 18.9 Å². The highest BCUT2D eigenvalue weighted by atomic mass is 16.5. The van der Waals surface area contributed by atoms with Crippen molar-refractivity contribution in [3.05, 3.63) is 35.9 Å². The van der Waals surface area contributed by atoms with Gasteiger partial charge in [-0.2, -0.15) is 0 Å². The second-order valence-corrected chi connectivity index (χ2v) is 4.20. The predicted molar refractivity (Wildman–Crippen MR) is 62.2 cm³/mol. The van der Waals surface area contributed by atoms with Gasteiger partial charge in [0.05, 0.1) is 13.0 Å². The van der Waals surface area contributed by atoms with Gasteiger partial charge in [0.2, 0.25) is 5.91 Å². The summed E-state index contributed by atoms with van der Waals surface area (Å²) in [6, 6.07) is 9.64. The van der Waals surface area contributed by atoms with Gasteiger partial charge in [-0.25, -0.2) is 0 Å². The van der Waals surface area contributed by atoms with E-state index in [4.69, 9.17) is 4.74 Å². The summed E-state index contributed by atoms with van der Waals surface area (Å²) in [5, 5.41) is 2.83. The summed E-state index contributed by atoms with van der Waals surface area (Å²) >= 11 is 0. The van der Waals surface area contributed by atoms with Gasteiger partial charge in [0, 0.05) is 12.5 Å². The van der Waals surface area contributed by atoms with Crippen LogP contribution in [0.5, 0.6) is 0 Å². The average Bonchev–Trinajstić information content (AvgIpc) is 2.70. The molecule has 1 fully saturated rings. The van der Waals surface area contributed by atoms with Crippen LogP contribution in [0.1, 0.15) is 12.0 Å². The third-order valence-corrected chi connectivity index (χ3v) is 3.04. The SMILES string of the molecule is COC(=O)C1CC(=O)NC1Cc1ccccc1. The van der Waals surface area contributed by atoms with E-state index >= 15 is 0 Å². The number of benzene rings is 1. The highest BCUT2D eigenvalue weighted by Gasteiger charge is 2.38. The van der Waals surface area contributed by atoms with Crippen LogP contribution in [0, 0.1) is 5.92 Å². The number of hydrogen-bond acceptors (Lipinski definition) is 3. The molecule has 17 heavy (non-hydrogen) atoms. The fourth-order valence-electron chi connectivity index (χ4n) is 2.17. The average molecular weight is 233 g/mol. The largest absolute Gasteiger partial charge is 0.469 e. The van der Waals surface area contributed by atoms with Gasteiger partial charge in [-0.3, -0.25) is 9.59 Å². The number of esters is 1. The monoisotopic (exact) mass is 233 g/mol. The number of carbonyl (C=O) groups excluding carboxylic acids is 2. The molecule has 0 aromatic heterocycles. The van der Waals surface area contributed by atoms with E-state index in [2.05, 4.69) is 5.32 Å². The molecular formula is C13H15NO3. The highest BCUT2D eigenvalue weighted by molar-refractivity contribution is 5.87. The first-order valence-corrected chi connectivity index (χ1v) is 5.62. The summed E-state index contributed by atoms with van der Waals surface area (Å²) in [6.07, 6.45) is 0.885. The van der Waals surface area contributed by atoms with Crippen LogP contribution in [0.2, 0.25) is 0 Å². The van der Waals surface area contributed by atoms with Crippen molar-refractivity contribution >= 4 is 11.9 Å². The summed E-state index contributed by atoms with van der Waals surface area (Å²) in [5.41, 5.74) is 1.11. The molecule has 90 valence electrons. The van der Waals surface area contributed by atoms with E-state index in [0.29, 0.717) is 6.42 Å². The minimum absolute atomic E-state index is 0.0821. The number of hydrogen-bond donors (Lipinski definition) is 1. The molecule has 1 heterocycles. The Morgan fingerprint density at radius 2 is 2.12 bits per heavy atom. The first-order chi connectivity index (χ1) is 8.20. The van der Waals surface area contributed by atoms with Gasteiger partial charge in [-0.1, -0.05) is 30.3 Å². The molecule has 2 rings (SSSR count). The van der Waals surface area contributed by atoms with Crippen molar-refractivity contribution < 1.29 is 14.3 Å². The van der Waals surface area contributed by atoms with Crippen LogP contribution in [-0.4, -0.2) is 25.0 Å². The van der Waals surface area contributed by atoms with E-state index in [9.17, 15) is 9.59 Å². The van der Waals surface area contributed by atoms with Crippen LogP contribution in [0.3, 0.4) is 0 Å². The fraction of sp³-hybridized carbons (Fsp3) is 0.385. The Balaban J connectivity index is 2.08. The molecule has 0 radical (unpaired) electrons. The summed E-state index contributed by atoms with van der Waals surface area (Å²) in [7, 11) is 1.35. The van der Waals surface area contributed by atoms with Gasteiger partial charge in [0.25, 0.3) is 0 Å². The number of amides is 1. The maximum absolute atomic E-state index is 11.5. The summed E-state index contributed by atoms with van der Waals surface area (Å²) in [6.45, 7) is 0. The Morgan fingerprint density at radius 3 is 2.76 bits per heavy atom. The van der Waals surface area contributed by atoms with Crippen molar-refractivity contribution in [1.82, 2.24) is 5.32 Å². The number of rotatable bonds is 3. The lowest BCUT2D eigenvalue weighted by molar-refractivity contribution is -0.146. The quantitative estimate of drug-likeness (QED) is 0.789. The van der Waals surface area contributed by atoms with E-state index in [1.807, 2.05) is 30.3 Å². The Morgan fingerprint density at radius 1 is 1.41 bits per heavy atom. The number of methoxy groups -OCH3 is 1. The zero-order chi connectivity index (χ0) is 12.3. The Hall–Kier alpha value is -1.84. The van der Waals surface area contributed by atoms with Gasteiger partial charge < -0.3 is 10.1 Å². The lowest BCUT2D eigenvalue weighted by Gasteiger charge is -2.16. The predicted octanol–water partition coefficient (Wildman–Crippen LogP) is 0.907. The third-order valence-electron chi connectivity index (χ3n) is 3.04. The molecule has 0 aliphatic carbocycles. The topological polar surface area (TPSA) is 55.4 Å². The molecule has 1 amide bonds. The molecule has 2 unspecified atom stereocenters. The highest BCUT2D eigenvalue weighted by Crippen LogP contribution is 2.21. The van der Waals surface area contributed by atoms with E-state index in [1.165, 1.54) is 7.11 Å². The molecule has 4 nitrogen and oxygen atoms in total. The lowest BCUT2D eigenvalue weighted by atomic mass is 9.95. The van der Waals surface area contributed by atoms with Crippen LogP contribution < -0.4 is 5.32 Å². The normalized spacial score (nSPS) is 23.2. The maximum atomic E-state index is 11.5. The molecule has 0 saturated carbocycles. The molecule has 1 saturated heterocycles. The molecule has 2 atom stereocenters. The standard InChI is InChI=1S/C13H15NO3/c1-17-13(16)10-8-12(15)14-11(10)7-9-5-3-2-4-6-9/h2-6,10-11H,7-8H2,1H3,(H,14,15). The summed E-state index contributed by atoms with van der Waals surface area (Å²) in [5.74, 6) is -0.765. The second-order valence-electron chi connectivity index (χ2n) is 4.20. The van der Waals surface area contributed by atoms with Crippen molar-refractivity contribution in [2.75, 3.05) is 7.11 Å². The molecule has 1 aromatic carbocycles. The van der Waals surface area contributed by atoms with E-state index < -0.39 is 0 Å². The van der Waals surface area contributed by atoms with Crippen LogP contribution in [0.25, 0.3) is 0 Å². The van der Waals surface area contributed by atoms with E-state index in [1.54, 1.807) is 0 Å². The van der Waals surface area contributed by atoms with Crippen molar-refractivity contribution in [3.63, 3.8) is 0 Å². The van der Waals surface area contributed by atoms with Gasteiger partial charge in [-0.15, -0.1) is 0 Å². The smallest absolute Gasteiger partial charge is 0.311 e. The van der Waals surface area contributed by atoms with Crippen molar-refractivity contribution in [1.29, 1.82) is 0 Å². The number of carbonyl (C=O) groups is 2. The Bertz CT molecular complexity index is 416. The van der Waals surface area contributed by atoms with E-state index in [0.717, 1.165) is 5.56 Å². The Kier molecular flexibility index (Phi) is 3.42. The minimum atomic E-state index is -0.368. The Labute approximate surface area is 100.0 Å². The molecule has 1 aliphatic heterocycles. The van der Waals surface area contributed by atoms with E-state index in [-0.39, 0.29) is 30.3 Å². The molecule has 0 spiro atoms. The lowest BCUT2D eigenvalue weighted by Crippen LogP contribution is -2.34. The third kappa shape index (κ3) is 2.64. The molecule has 0 bridgehead atoms. The maximum Gasteiger partial charge on any atom is 0.311 e. The van der Waals surface area contributed by atoms with Gasteiger partial charge >= 0.3 is 5.97 Å². The van der Waals surface area contributed by atoms with Crippen molar-refractivity contribution in [3.8, 4) is 0 Å². The van der Waals surface area contributed by atoms with Crippen molar-refractivity contribution in [2.24, 2.45) is 5.92 Å². The number of nitrogens with one attached hydrogen (secondary N) is 1. The minimum Gasteiger partial charge on any atom is -0.469 e. The van der Waals surface area contributed by atoms with Crippen LogP contribution in [0.15, 0.2) is 30.3 Å². The molecular weight excluding hydrogens is 218 g/mol. The van der Waals surface area contributed by atoms with Crippen LogP contribution in [-0.2, 0) is 20.7 Å². The molecule has 1 N–H and O–H groups in total.